The largest absolute Gasteiger partial charge is 0.368 e. The van der Waals surface area contributed by atoms with Crippen molar-refractivity contribution in [2.45, 2.75) is 25.6 Å². The van der Waals surface area contributed by atoms with Crippen LogP contribution in [-0.2, 0) is 26.0 Å². The van der Waals surface area contributed by atoms with E-state index in [0.717, 1.165) is 0 Å². The molecule has 0 aliphatic rings. The molecular formula is C12H18ClNO6S2. The van der Waals surface area contributed by atoms with Crippen molar-refractivity contribution in [1.29, 1.82) is 0 Å². The molecule has 1 rings (SSSR count). The quantitative estimate of drug-likeness (QED) is 0.703. The minimum Gasteiger partial charge on any atom is -0.368 e. The molecule has 2 N–H and O–H groups in total. The fourth-order valence-electron chi connectivity index (χ4n) is 2.26. The molecule has 1 aromatic rings. The van der Waals surface area contributed by atoms with Crippen LogP contribution in [0.4, 0.5) is 5.69 Å². The molecular weight excluding hydrogens is 354 g/mol. The summed E-state index contributed by atoms with van der Waals surface area (Å²) in [5.41, 5.74) is 0.680. The molecule has 1 aromatic carbocycles. The van der Waals surface area contributed by atoms with E-state index in [2.05, 4.69) is 0 Å². The number of hydrogen-bond acceptors (Lipinski definition) is 5. The standard InChI is InChI=1S/C12H18ClNO6S2/c1-3-14(9(2)7-21(15,16)17)12-5-4-11(13)6-10(12)8-22(18,19)20/h4-6,9H,3,7-8H2,1-2H3,(H,15,16,17)(H,18,19,20). The van der Waals surface area contributed by atoms with E-state index in [0.29, 0.717) is 17.3 Å². The van der Waals surface area contributed by atoms with Crippen LogP contribution in [0.25, 0.3) is 0 Å². The first-order chi connectivity index (χ1) is 9.93. The van der Waals surface area contributed by atoms with Gasteiger partial charge >= 0.3 is 0 Å². The maximum Gasteiger partial charge on any atom is 0.269 e. The molecule has 0 amide bonds. The first-order valence-corrected chi connectivity index (χ1v) is 9.98. The van der Waals surface area contributed by atoms with E-state index in [1.165, 1.54) is 12.1 Å². The van der Waals surface area contributed by atoms with Gasteiger partial charge in [0.05, 0.1) is 5.75 Å². The molecule has 22 heavy (non-hydrogen) atoms. The Morgan fingerprint density at radius 2 is 1.77 bits per heavy atom. The first kappa shape index (κ1) is 19.2. The molecule has 0 saturated heterocycles. The summed E-state index contributed by atoms with van der Waals surface area (Å²) >= 11 is 5.85. The van der Waals surface area contributed by atoms with Crippen LogP contribution < -0.4 is 4.90 Å². The van der Waals surface area contributed by atoms with Crippen LogP contribution in [-0.4, -0.2) is 44.3 Å². The second-order valence-electron chi connectivity index (χ2n) is 4.88. The molecule has 0 saturated carbocycles. The smallest absolute Gasteiger partial charge is 0.269 e. The Morgan fingerprint density at radius 1 is 1.18 bits per heavy atom. The molecule has 0 spiro atoms. The Morgan fingerprint density at radius 3 is 2.23 bits per heavy atom. The van der Waals surface area contributed by atoms with Crippen LogP contribution in [0, 0.1) is 0 Å². The van der Waals surface area contributed by atoms with E-state index in [-0.39, 0.29) is 5.56 Å². The summed E-state index contributed by atoms with van der Waals surface area (Å²) in [6.07, 6.45) is 0. The molecule has 126 valence electrons. The zero-order valence-corrected chi connectivity index (χ0v) is 14.5. The van der Waals surface area contributed by atoms with Crippen LogP contribution in [0.3, 0.4) is 0 Å². The van der Waals surface area contributed by atoms with Gasteiger partial charge in [-0.3, -0.25) is 9.11 Å². The normalized spacial score (nSPS) is 13.9. The fourth-order valence-corrected chi connectivity index (χ4v) is 3.87. The summed E-state index contributed by atoms with van der Waals surface area (Å²) < 4.78 is 62.3. The van der Waals surface area contributed by atoms with Gasteiger partial charge in [0.25, 0.3) is 20.2 Å². The molecule has 10 heteroatoms. The molecule has 0 heterocycles. The monoisotopic (exact) mass is 371 g/mol. The van der Waals surface area contributed by atoms with Crippen molar-refractivity contribution in [2.75, 3.05) is 17.2 Å². The summed E-state index contributed by atoms with van der Waals surface area (Å²) in [5.74, 6) is -1.15. The maximum absolute atomic E-state index is 11.1. The second kappa shape index (κ2) is 7.14. The topological polar surface area (TPSA) is 112 Å². The summed E-state index contributed by atoms with van der Waals surface area (Å²) in [6.45, 7) is 3.71. The van der Waals surface area contributed by atoms with E-state index in [1.54, 1.807) is 24.8 Å². The van der Waals surface area contributed by atoms with E-state index < -0.39 is 37.8 Å². The Balaban J connectivity index is 3.26. The van der Waals surface area contributed by atoms with Crippen molar-refractivity contribution in [3.63, 3.8) is 0 Å². The minimum atomic E-state index is -4.27. The second-order valence-corrected chi connectivity index (χ2v) is 8.27. The molecule has 1 atom stereocenters. The highest BCUT2D eigenvalue weighted by Crippen LogP contribution is 2.27. The van der Waals surface area contributed by atoms with Gasteiger partial charge in [0, 0.05) is 23.3 Å². The lowest BCUT2D eigenvalue weighted by molar-refractivity contribution is 0.474. The van der Waals surface area contributed by atoms with Crippen molar-refractivity contribution in [2.24, 2.45) is 0 Å². The summed E-state index contributed by atoms with van der Waals surface area (Å²) in [4.78, 5) is 1.62. The highest BCUT2D eigenvalue weighted by Gasteiger charge is 2.22. The van der Waals surface area contributed by atoms with Crippen LogP contribution in [0.2, 0.25) is 5.02 Å². The van der Waals surface area contributed by atoms with Crippen LogP contribution in [0.1, 0.15) is 19.4 Å². The fraction of sp³-hybridized carbons (Fsp3) is 0.500. The lowest BCUT2D eigenvalue weighted by Gasteiger charge is -2.31. The number of benzene rings is 1. The highest BCUT2D eigenvalue weighted by molar-refractivity contribution is 7.85. The number of halogens is 1. The molecule has 0 aliphatic heterocycles. The number of rotatable bonds is 7. The van der Waals surface area contributed by atoms with Crippen LogP contribution in [0.15, 0.2) is 18.2 Å². The van der Waals surface area contributed by atoms with E-state index >= 15 is 0 Å². The zero-order chi connectivity index (χ0) is 17.1. The Bertz CT molecular complexity index is 732. The average molecular weight is 372 g/mol. The van der Waals surface area contributed by atoms with Gasteiger partial charge in [-0.05, 0) is 37.6 Å². The third-order valence-corrected chi connectivity index (χ3v) is 4.83. The van der Waals surface area contributed by atoms with Crippen molar-refractivity contribution in [1.82, 2.24) is 0 Å². The highest BCUT2D eigenvalue weighted by atomic mass is 35.5. The van der Waals surface area contributed by atoms with Gasteiger partial charge in [-0.15, -0.1) is 0 Å². The van der Waals surface area contributed by atoms with Gasteiger partial charge in [-0.2, -0.15) is 16.8 Å². The van der Waals surface area contributed by atoms with Crippen molar-refractivity contribution in [3.8, 4) is 0 Å². The van der Waals surface area contributed by atoms with Crippen LogP contribution in [0.5, 0.6) is 0 Å². The van der Waals surface area contributed by atoms with E-state index in [1.807, 2.05) is 0 Å². The first-order valence-electron chi connectivity index (χ1n) is 6.38. The zero-order valence-electron chi connectivity index (χ0n) is 12.1. The lowest BCUT2D eigenvalue weighted by atomic mass is 10.1. The van der Waals surface area contributed by atoms with Gasteiger partial charge in [-0.1, -0.05) is 11.6 Å². The Hall–Kier alpha value is -0.870. The Kier molecular flexibility index (Phi) is 6.22. The summed E-state index contributed by atoms with van der Waals surface area (Å²) in [7, 11) is -8.45. The SMILES string of the molecule is CCN(c1ccc(Cl)cc1CS(=O)(=O)O)C(C)CS(=O)(=O)O. The third kappa shape index (κ3) is 6.09. The average Bonchev–Trinajstić information content (AvgIpc) is 2.28. The summed E-state index contributed by atoms with van der Waals surface area (Å²) in [5, 5.41) is 0.292. The molecule has 7 nitrogen and oxygen atoms in total. The molecule has 0 radical (unpaired) electrons. The van der Waals surface area contributed by atoms with Crippen molar-refractivity contribution < 1.29 is 25.9 Å². The molecule has 0 fully saturated rings. The van der Waals surface area contributed by atoms with Gasteiger partial charge in [-0.25, -0.2) is 0 Å². The predicted octanol–water partition coefficient (Wildman–Crippen LogP) is 1.83. The molecule has 0 aliphatic carbocycles. The van der Waals surface area contributed by atoms with Crippen molar-refractivity contribution >= 4 is 37.5 Å². The van der Waals surface area contributed by atoms with Gasteiger partial charge in [0.15, 0.2) is 0 Å². The summed E-state index contributed by atoms with van der Waals surface area (Å²) in [6, 6.07) is 3.88. The van der Waals surface area contributed by atoms with E-state index in [4.69, 9.17) is 20.7 Å². The minimum absolute atomic E-state index is 0.249. The Labute approximate surface area is 135 Å². The third-order valence-electron chi connectivity index (χ3n) is 3.01. The molecule has 0 bridgehead atoms. The number of nitrogens with zero attached hydrogens (tertiary/aromatic N) is 1. The number of hydrogen-bond donors (Lipinski definition) is 2. The molecule has 0 aromatic heterocycles. The van der Waals surface area contributed by atoms with Crippen molar-refractivity contribution in [3.05, 3.63) is 28.8 Å². The van der Waals surface area contributed by atoms with Crippen LogP contribution >= 0.6 is 11.6 Å². The van der Waals surface area contributed by atoms with E-state index in [9.17, 15) is 16.8 Å². The predicted molar refractivity (Wildman–Crippen MR) is 85.6 cm³/mol. The maximum atomic E-state index is 11.1. The van der Waals surface area contributed by atoms with Gasteiger partial charge in [0.1, 0.15) is 5.75 Å². The molecule has 1 unspecified atom stereocenters. The van der Waals surface area contributed by atoms with Gasteiger partial charge < -0.3 is 4.90 Å². The lowest BCUT2D eigenvalue weighted by Crippen LogP contribution is -2.38. The van der Waals surface area contributed by atoms with Gasteiger partial charge in [0.2, 0.25) is 0 Å². The number of anilines is 1.